The second-order valence-electron chi connectivity index (χ2n) is 6.09. The number of hydrogen-bond acceptors (Lipinski definition) is 2. The summed E-state index contributed by atoms with van der Waals surface area (Å²) < 4.78 is 5.83. The molecule has 3 nitrogen and oxygen atoms in total. The zero-order valence-electron chi connectivity index (χ0n) is 14.3. The van der Waals surface area contributed by atoms with Crippen molar-refractivity contribution in [1.82, 2.24) is 0 Å². The van der Waals surface area contributed by atoms with Gasteiger partial charge < -0.3 is 9.73 Å². The number of amides is 1. The number of carbonyl (C=O) groups is 1. The molecule has 2 aromatic carbocycles. The first-order chi connectivity index (χ1) is 12.0. The minimum absolute atomic E-state index is 0.0156. The Morgan fingerprint density at radius 1 is 1.04 bits per heavy atom. The number of furan rings is 1. The lowest BCUT2D eigenvalue weighted by Crippen LogP contribution is -2.14. The second-order valence-corrected chi connectivity index (χ2v) is 6.53. The molecule has 0 aliphatic heterocycles. The molecule has 0 unspecified atom stereocenters. The fourth-order valence-corrected chi connectivity index (χ4v) is 2.95. The standard InChI is InChI=1S/C21H20ClNO2/c1-14-5-3-6-15(2)21(14)23-20(24)12-10-18-9-11-19(25-18)16-7-4-8-17(22)13-16/h3-9,11,13H,10,12H2,1-2H3,(H,23,24). The normalized spacial score (nSPS) is 10.7. The number of benzene rings is 2. The molecule has 0 saturated heterocycles. The number of para-hydroxylation sites is 1. The summed E-state index contributed by atoms with van der Waals surface area (Å²) in [4.78, 5) is 12.2. The van der Waals surface area contributed by atoms with Gasteiger partial charge in [0, 0.05) is 29.1 Å². The van der Waals surface area contributed by atoms with Gasteiger partial charge in [-0.2, -0.15) is 0 Å². The van der Waals surface area contributed by atoms with Crippen LogP contribution in [-0.2, 0) is 11.2 Å². The smallest absolute Gasteiger partial charge is 0.224 e. The zero-order valence-corrected chi connectivity index (χ0v) is 15.1. The lowest BCUT2D eigenvalue weighted by molar-refractivity contribution is -0.116. The molecule has 3 aromatic rings. The molecular weight excluding hydrogens is 334 g/mol. The van der Waals surface area contributed by atoms with Crippen molar-refractivity contribution in [2.75, 3.05) is 5.32 Å². The van der Waals surface area contributed by atoms with Gasteiger partial charge in [-0.1, -0.05) is 41.9 Å². The molecule has 1 amide bonds. The number of nitrogens with one attached hydrogen (secondary N) is 1. The van der Waals surface area contributed by atoms with Crippen LogP contribution in [0.1, 0.15) is 23.3 Å². The van der Waals surface area contributed by atoms with Crippen molar-refractivity contribution in [3.8, 4) is 11.3 Å². The van der Waals surface area contributed by atoms with Gasteiger partial charge in [0.1, 0.15) is 11.5 Å². The topological polar surface area (TPSA) is 42.2 Å². The molecule has 0 bridgehead atoms. The van der Waals surface area contributed by atoms with Gasteiger partial charge in [0.2, 0.25) is 5.91 Å². The summed E-state index contributed by atoms with van der Waals surface area (Å²) in [6.45, 7) is 3.98. The fraction of sp³-hybridized carbons (Fsp3) is 0.190. The van der Waals surface area contributed by atoms with Crippen LogP contribution < -0.4 is 5.32 Å². The van der Waals surface area contributed by atoms with Gasteiger partial charge >= 0.3 is 0 Å². The van der Waals surface area contributed by atoms with Crippen molar-refractivity contribution in [3.05, 3.63) is 76.5 Å². The third-order valence-electron chi connectivity index (χ3n) is 4.11. The van der Waals surface area contributed by atoms with Crippen molar-refractivity contribution in [1.29, 1.82) is 0 Å². The average molecular weight is 354 g/mol. The Labute approximate surface area is 152 Å². The number of anilines is 1. The van der Waals surface area contributed by atoms with Gasteiger partial charge in [-0.25, -0.2) is 0 Å². The van der Waals surface area contributed by atoms with E-state index in [0.717, 1.165) is 33.9 Å². The maximum Gasteiger partial charge on any atom is 0.224 e. The van der Waals surface area contributed by atoms with Crippen LogP contribution in [0.2, 0.25) is 5.02 Å². The molecule has 3 rings (SSSR count). The molecule has 0 spiro atoms. The van der Waals surface area contributed by atoms with E-state index in [0.29, 0.717) is 17.9 Å². The van der Waals surface area contributed by atoms with Crippen LogP contribution in [0, 0.1) is 13.8 Å². The molecule has 0 aliphatic carbocycles. The van der Waals surface area contributed by atoms with E-state index in [2.05, 4.69) is 5.32 Å². The van der Waals surface area contributed by atoms with Gasteiger partial charge in [-0.15, -0.1) is 0 Å². The minimum atomic E-state index is -0.0156. The predicted octanol–water partition coefficient (Wildman–Crippen LogP) is 5.79. The average Bonchev–Trinajstić information content (AvgIpc) is 3.06. The van der Waals surface area contributed by atoms with E-state index in [1.54, 1.807) is 0 Å². The molecule has 0 saturated carbocycles. The van der Waals surface area contributed by atoms with Gasteiger partial charge in [0.05, 0.1) is 0 Å². The zero-order chi connectivity index (χ0) is 17.8. The van der Waals surface area contributed by atoms with Crippen LogP contribution in [0.3, 0.4) is 0 Å². The SMILES string of the molecule is Cc1cccc(C)c1NC(=O)CCc1ccc(-c2cccc(Cl)c2)o1. The van der Waals surface area contributed by atoms with Crippen LogP contribution in [0.25, 0.3) is 11.3 Å². The number of carbonyl (C=O) groups excluding carboxylic acids is 1. The van der Waals surface area contributed by atoms with E-state index in [9.17, 15) is 4.79 Å². The Morgan fingerprint density at radius 2 is 1.76 bits per heavy atom. The maximum atomic E-state index is 12.2. The highest BCUT2D eigenvalue weighted by Gasteiger charge is 2.10. The Kier molecular flexibility index (Phi) is 5.25. The first kappa shape index (κ1) is 17.3. The van der Waals surface area contributed by atoms with Crippen molar-refractivity contribution in [2.24, 2.45) is 0 Å². The number of halogens is 1. The minimum Gasteiger partial charge on any atom is -0.461 e. The number of rotatable bonds is 5. The van der Waals surface area contributed by atoms with Crippen molar-refractivity contribution in [2.45, 2.75) is 26.7 Å². The predicted molar refractivity (Wildman–Crippen MR) is 102 cm³/mol. The van der Waals surface area contributed by atoms with E-state index >= 15 is 0 Å². The molecule has 1 heterocycles. The summed E-state index contributed by atoms with van der Waals surface area (Å²) in [7, 11) is 0. The highest BCUT2D eigenvalue weighted by molar-refractivity contribution is 6.30. The van der Waals surface area contributed by atoms with Crippen molar-refractivity contribution >= 4 is 23.2 Å². The van der Waals surface area contributed by atoms with E-state index in [1.165, 1.54) is 0 Å². The fourth-order valence-electron chi connectivity index (χ4n) is 2.76. The van der Waals surface area contributed by atoms with Gasteiger partial charge in [-0.3, -0.25) is 4.79 Å². The monoisotopic (exact) mass is 353 g/mol. The number of hydrogen-bond donors (Lipinski definition) is 1. The maximum absolute atomic E-state index is 12.2. The molecule has 128 valence electrons. The van der Waals surface area contributed by atoms with Gasteiger partial charge in [-0.05, 0) is 49.2 Å². The van der Waals surface area contributed by atoms with E-state index < -0.39 is 0 Å². The third-order valence-corrected chi connectivity index (χ3v) is 4.35. The summed E-state index contributed by atoms with van der Waals surface area (Å²) in [5.41, 5.74) is 3.95. The quantitative estimate of drug-likeness (QED) is 0.631. The highest BCUT2D eigenvalue weighted by atomic mass is 35.5. The number of aryl methyl sites for hydroxylation is 3. The van der Waals surface area contributed by atoms with Gasteiger partial charge in [0.25, 0.3) is 0 Å². The summed E-state index contributed by atoms with van der Waals surface area (Å²) in [5, 5.41) is 3.67. The lowest BCUT2D eigenvalue weighted by Gasteiger charge is -2.11. The summed E-state index contributed by atoms with van der Waals surface area (Å²) in [6.07, 6.45) is 0.924. The van der Waals surface area contributed by atoms with Crippen molar-refractivity contribution in [3.63, 3.8) is 0 Å². The van der Waals surface area contributed by atoms with Crippen LogP contribution >= 0.6 is 11.6 Å². The van der Waals surface area contributed by atoms with Crippen LogP contribution in [0.5, 0.6) is 0 Å². The first-order valence-corrected chi connectivity index (χ1v) is 8.61. The summed E-state index contributed by atoms with van der Waals surface area (Å²) in [6, 6.07) is 17.3. The molecule has 25 heavy (non-hydrogen) atoms. The molecule has 1 aromatic heterocycles. The Bertz CT molecular complexity index is 878. The second kappa shape index (κ2) is 7.58. The molecule has 1 N–H and O–H groups in total. The van der Waals surface area contributed by atoms with Crippen molar-refractivity contribution < 1.29 is 9.21 Å². The van der Waals surface area contributed by atoms with Crippen LogP contribution in [-0.4, -0.2) is 5.91 Å². The van der Waals surface area contributed by atoms with E-state index in [4.69, 9.17) is 16.0 Å². The van der Waals surface area contributed by atoms with Gasteiger partial charge in [0.15, 0.2) is 0 Å². The summed E-state index contributed by atoms with van der Waals surface area (Å²) in [5.74, 6) is 1.53. The molecule has 0 aliphatic rings. The highest BCUT2D eigenvalue weighted by Crippen LogP contribution is 2.25. The third kappa shape index (κ3) is 4.31. The first-order valence-electron chi connectivity index (χ1n) is 8.23. The molecule has 4 heteroatoms. The summed E-state index contributed by atoms with van der Waals surface area (Å²) >= 11 is 6.01. The van der Waals surface area contributed by atoms with Crippen LogP contribution in [0.4, 0.5) is 5.69 Å². The Morgan fingerprint density at radius 3 is 2.48 bits per heavy atom. The largest absolute Gasteiger partial charge is 0.461 e. The van der Waals surface area contributed by atoms with E-state index in [-0.39, 0.29) is 5.91 Å². The molecular formula is C21H20ClNO2. The lowest BCUT2D eigenvalue weighted by atomic mass is 10.1. The Balaban J connectivity index is 1.61. The van der Waals surface area contributed by atoms with Crippen LogP contribution in [0.15, 0.2) is 59.0 Å². The molecule has 0 fully saturated rings. The molecule has 0 atom stereocenters. The van der Waals surface area contributed by atoms with E-state index in [1.807, 2.05) is 68.4 Å². The molecule has 0 radical (unpaired) electrons. The Hall–Kier alpha value is -2.52.